The number of ether oxygens (including phenoxy) is 2. The number of rotatable bonds is 5. The number of pyridine rings is 1. The van der Waals surface area contributed by atoms with Gasteiger partial charge in [0.25, 0.3) is 5.91 Å². The first-order valence-electron chi connectivity index (χ1n) is 9.95. The van der Waals surface area contributed by atoms with E-state index in [0.29, 0.717) is 38.5 Å². The van der Waals surface area contributed by atoms with Gasteiger partial charge in [-0.3, -0.25) is 4.79 Å². The molecule has 1 aliphatic heterocycles. The molecule has 4 rings (SSSR count). The first-order valence-corrected chi connectivity index (χ1v) is 9.95. The van der Waals surface area contributed by atoms with Crippen molar-refractivity contribution in [1.29, 1.82) is 0 Å². The van der Waals surface area contributed by atoms with Crippen molar-refractivity contribution in [3.05, 3.63) is 53.0 Å². The second kappa shape index (κ2) is 8.62. The highest BCUT2D eigenvalue weighted by molar-refractivity contribution is 5.96. The summed E-state index contributed by atoms with van der Waals surface area (Å²) in [6, 6.07) is 9.56. The molecule has 0 spiro atoms. The lowest BCUT2D eigenvalue weighted by molar-refractivity contribution is 0.0940. The molecule has 1 aliphatic rings. The second-order valence-corrected chi connectivity index (χ2v) is 7.28. The lowest BCUT2D eigenvalue weighted by Gasteiger charge is -2.29. The van der Waals surface area contributed by atoms with Crippen LogP contribution in [0.25, 0.3) is 11.0 Å². The number of benzene rings is 1. The Hall–Kier alpha value is -3.26. The van der Waals surface area contributed by atoms with Crippen LogP contribution in [0.1, 0.15) is 27.4 Å². The third kappa shape index (κ3) is 4.18. The average Bonchev–Trinajstić information content (AvgIpc) is 2.77. The van der Waals surface area contributed by atoms with E-state index in [4.69, 9.17) is 9.47 Å². The molecular weight excluding hydrogens is 382 g/mol. The van der Waals surface area contributed by atoms with E-state index < -0.39 is 0 Å². The van der Waals surface area contributed by atoms with Crippen LogP contribution < -0.4 is 15.0 Å². The van der Waals surface area contributed by atoms with E-state index in [0.717, 1.165) is 33.8 Å². The predicted octanol–water partition coefficient (Wildman–Crippen LogP) is 2.42. The number of hydrogen-bond acceptors (Lipinski definition) is 7. The van der Waals surface area contributed by atoms with Gasteiger partial charge in [-0.25, -0.2) is 15.0 Å². The topological polar surface area (TPSA) is 89.5 Å². The van der Waals surface area contributed by atoms with Gasteiger partial charge in [0.15, 0.2) is 5.65 Å². The lowest BCUT2D eigenvalue weighted by Crippen LogP contribution is -2.37. The molecule has 0 unspecified atom stereocenters. The van der Waals surface area contributed by atoms with E-state index in [1.54, 1.807) is 7.11 Å². The van der Waals surface area contributed by atoms with Crippen molar-refractivity contribution >= 4 is 22.8 Å². The van der Waals surface area contributed by atoms with Crippen molar-refractivity contribution in [1.82, 2.24) is 20.3 Å². The van der Waals surface area contributed by atoms with Crippen molar-refractivity contribution in [3.63, 3.8) is 0 Å². The number of aromatic nitrogens is 3. The Balaban J connectivity index is 1.64. The number of nitrogens with zero attached hydrogens (tertiary/aromatic N) is 4. The molecule has 8 heteroatoms. The predicted molar refractivity (Wildman–Crippen MR) is 114 cm³/mol. The number of nitrogens with one attached hydrogen (secondary N) is 1. The maximum Gasteiger partial charge on any atom is 0.289 e. The van der Waals surface area contributed by atoms with Crippen LogP contribution in [-0.2, 0) is 11.3 Å². The molecule has 8 nitrogen and oxygen atoms in total. The molecular formula is C22H25N5O3. The van der Waals surface area contributed by atoms with Crippen LogP contribution in [0.3, 0.4) is 0 Å². The van der Waals surface area contributed by atoms with Crippen LogP contribution in [0, 0.1) is 13.8 Å². The summed E-state index contributed by atoms with van der Waals surface area (Å²) in [4.78, 5) is 28.7. The Kier molecular flexibility index (Phi) is 5.76. The molecule has 1 amide bonds. The van der Waals surface area contributed by atoms with Gasteiger partial charge in [0, 0.05) is 25.3 Å². The molecule has 30 heavy (non-hydrogen) atoms. The molecule has 3 heterocycles. The molecule has 0 bridgehead atoms. The maximum atomic E-state index is 12.9. The lowest BCUT2D eigenvalue weighted by atomic mass is 10.1. The normalized spacial score (nSPS) is 14.0. The fourth-order valence-electron chi connectivity index (χ4n) is 3.57. The number of carbonyl (C=O) groups is 1. The van der Waals surface area contributed by atoms with Crippen molar-refractivity contribution in [2.75, 3.05) is 38.3 Å². The number of amides is 1. The zero-order valence-electron chi connectivity index (χ0n) is 17.4. The fraction of sp³-hybridized carbons (Fsp3) is 0.364. The van der Waals surface area contributed by atoms with Crippen LogP contribution in [-0.4, -0.2) is 54.3 Å². The minimum absolute atomic E-state index is 0.120. The van der Waals surface area contributed by atoms with Gasteiger partial charge in [0.05, 0.1) is 25.7 Å². The van der Waals surface area contributed by atoms with Crippen LogP contribution in [0.15, 0.2) is 30.3 Å². The third-order valence-electron chi connectivity index (χ3n) is 5.10. The van der Waals surface area contributed by atoms with E-state index >= 15 is 0 Å². The average molecular weight is 407 g/mol. The molecule has 1 fully saturated rings. The van der Waals surface area contributed by atoms with Gasteiger partial charge in [-0.15, -0.1) is 0 Å². The van der Waals surface area contributed by atoms with Gasteiger partial charge in [0.2, 0.25) is 5.82 Å². The van der Waals surface area contributed by atoms with Gasteiger partial charge < -0.3 is 19.7 Å². The number of aryl methyl sites for hydroxylation is 2. The van der Waals surface area contributed by atoms with E-state index in [1.165, 1.54) is 0 Å². The van der Waals surface area contributed by atoms with E-state index in [9.17, 15) is 4.79 Å². The Labute approximate surface area is 175 Å². The highest BCUT2D eigenvalue weighted by Crippen LogP contribution is 2.27. The standard InChI is InChI=1S/C22H25N5O3/c1-14-12-15(2)24-19-18(14)21(27-8-10-30-11-9-27)26-20(25-19)22(28)23-13-16-4-6-17(29-3)7-5-16/h4-7,12H,8-11,13H2,1-3H3,(H,23,28). The highest BCUT2D eigenvalue weighted by Gasteiger charge is 2.22. The van der Waals surface area contributed by atoms with Crippen LogP contribution in [0.5, 0.6) is 5.75 Å². The van der Waals surface area contributed by atoms with Gasteiger partial charge in [-0.2, -0.15) is 0 Å². The number of morpholine rings is 1. The molecule has 1 N–H and O–H groups in total. The summed E-state index contributed by atoms with van der Waals surface area (Å²) in [5.74, 6) is 1.30. The summed E-state index contributed by atoms with van der Waals surface area (Å²) in [5, 5.41) is 3.78. The Bertz CT molecular complexity index is 1060. The SMILES string of the molecule is COc1ccc(CNC(=O)c2nc(N3CCOCC3)c3c(C)cc(C)nc3n2)cc1. The van der Waals surface area contributed by atoms with Crippen molar-refractivity contribution in [2.24, 2.45) is 0 Å². The summed E-state index contributed by atoms with van der Waals surface area (Å²) < 4.78 is 10.6. The van der Waals surface area contributed by atoms with Crippen LogP contribution in [0.2, 0.25) is 0 Å². The monoisotopic (exact) mass is 407 g/mol. The van der Waals surface area contributed by atoms with E-state index in [1.807, 2.05) is 44.2 Å². The van der Waals surface area contributed by atoms with Gasteiger partial charge in [-0.1, -0.05) is 12.1 Å². The smallest absolute Gasteiger partial charge is 0.289 e. The quantitative estimate of drug-likeness (QED) is 0.695. The minimum atomic E-state index is -0.330. The highest BCUT2D eigenvalue weighted by atomic mass is 16.5. The number of anilines is 1. The minimum Gasteiger partial charge on any atom is -0.497 e. The van der Waals surface area contributed by atoms with Crippen molar-refractivity contribution < 1.29 is 14.3 Å². The number of fused-ring (bicyclic) bond motifs is 1. The molecule has 2 aromatic heterocycles. The molecule has 0 radical (unpaired) electrons. The molecule has 0 saturated carbocycles. The van der Waals surface area contributed by atoms with Gasteiger partial charge >= 0.3 is 0 Å². The van der Waals surface area contributed by atoms with Crippen LogP contribution in [0.4, 0.5) is 5.82 Å². The number of carbonyl (C=O) groups excluding carboxylic acids is 1. The fourth-order valence-corrected chi connectivity index (χ4v) is 3.57. The zero-order valence-corrected chi connectivity index (χ0v) is 17.4. The number of hydrogen-bond donors (Lipinski definition) is 1. The molecule has 1 saturated heterocycles. The Morgan fingerprint density at radius 3 is 2.57 bits per heavy atom. The molecule has 0 aliphatic carbocycles. The molecule has 156 valence electrons. The molecule has 3 aromatic rings. The first kappa shape index (κ1) is 20.0. The van der Waals surface area contributed by atoms with Gasteiger partial charge in [0.1, 0.15) is 11.6 Å². The molecule has 1 aromatic carbocycles. The second-order valence-electron chi connectivity index (χ2n) is 7.28. The molecule has 0 atom stereocenters. The summed E-state index contributed by atoms with van der Waals surface area (Å²) >= 11 is 0. The Morgan fingerprint density at radius 2 is 1.87 bits per heavy atom. The summed E-state index contributed by atoms with van der Waals surface area (Å²) in [6.45, 7) is 7.00. The van der Waals surface area contributed by atoms with Crippen molar-refractivity contribution in [2.45, 2.75) is 20.4 Å². The summed E-state index contributed by atoms with van der Waals surface area (Å²) in [5.41, 5.74) is 3.40. The van der Waals surface area contributed by atoms with Crippen LogP contribution >= 0.6 is 0 Å². The van der Waals surface area contributed by atoms with E-state index in [2.05, 4.69) is 25.2 Å². The van der Waals surface area contributed by atoms with E-state index in [-0.39, 0.29) is 11.7 Å². The largest absolute Gasteiger partial charge is 0.497 e. The first-order chi connectivity index (χ1) is 14.5. The number of methoxy groups -OCH3 is 1. The van der Waals surface area contributed by atoms with Crippen molar-refractivity contribution in [3.8, 4) is 5.75 Å². The maximum absolute atomic E-state index is 12.9. The zero-order chi connectivity index (χ0) is 21.1. The van der Waals surface area contributed by atoms with Gasteiger partial charge in [-0.05, 0) is 43.2 Å². The summed E-state index contributed by atoms with van der Waals surface area (Å²) in [7, 11) is 1.62. The Morgan fingerprint density at radius 1 is 1.13 bits per heavy atom. The summed E-state index contributed by atoms with van der Waals surface area (Å²) in [6.07, 6.45) is 0. The third-order valence-corrected chi connectivity index (χ3v) is 5.10.